The molecule has 3 aromatic heterocycles. The first-order chi connectivity index (χ1) is 10.7. The van der Waals surface area contributed by atoms with Crippen molar-refractivity contribution in [3.05, 3.63) is 24.5 Å². The number of nitrogens with zero attached hydrogens (tertiary/aromatic N) is 4. The molecule has 7 heteroatoms. The molecule has 0 aliphatic carbocycles. The van der Waals surface area contributed by atoms with Crippen molar-refractivity contribution in [3.8, 4) is 11.3 Å². The van der Waals surface area contributed by atoms with E-state index in [2.05, 4.69) is 21.0 Å². The molecule has 0 aromatic carbocycles. The van der Waals surface area contributed by atoms with Crippen molar-refractivity contribution in [2.75, 3.05) is 36.9 Å². The number of aromatic nitrogens is 4. The van der Waals surface area contributed by atoms with Gasteiger partial charge in [-0.3, -0.25) is 4.68 Å². The van der Waals surface area contributed by atoms with Gasteiger partial charge < -0.3 is 20.4 Å². The second-order valence-corrected chi connectivity index (χ2v) is 5.44. The molecule has 0 spiro atoms. The van der Waals surface area contributed by atoms with E-state index in [1.54, 1.807) is 12.4 Å². The summed E-state index contributed by atoms with van der Waals surface area (Å²) in [7, 11) is 1.93. The number of aromatic amines is 1. The lowest BCUT2D eigenvalue weighted by Gasteiger charge is -2.28. The number of nitrogens with one attached hydrogen (secondary N) is 1. The predicted molar refractivity (Wildman–Crippen MR) is 85.7 cm³/mol. The molecule has 4 rings (SSSR count). The molecule has 0 bridgehead atoms. The fourth-order valence-corrected chi connectivity index (χ4v) is 2.94. The van der Waals surface area contributed by atoms with Crippen LogP contribution in [-0.2, 0) is 11.8 Å². The molecule has 22 heavy (non-hydrogen) atoms. The fraction of sp³-hybridized carbons (Fsp3) is 0.333. The van der Waals surface area contributed by atoms with Gasteiger partial charge in [-0.05, 0) is 12.1 Å². The van der Waals surface area contributed by atoms with Crippen LogP contribution >= 0.6 is 0 Å². The van der Waals surface area contributed by atoms with Gasteiger partial charge in [0.1, 0.15) is 11.5 Å². The number of morpholine rings is 1. The molecule has 1 fully saturated rings. The third-order valence-corrected chi connectivity index (χ3v) is 4.09. The quantitative estimate of drug-likeness (QED) is 0.746. The zero-order chi connectivity index (χ0) is 15.1. The summed E-state index contributed by atoms with van der Waals surface area (Å²) in [6.45, 7) is 3.15. The minimum Gasteiger partial charge on any atom is -0.397 e. The van der Waals surface area contributed by atoms with Gasteiger partial charge in [-0.1, -0.05) is 0 Å². The normalized spacial score (nSPS) is 15.6. The predicted octanol–water partition coefficient (Wildman–Crippen LogP) is 1.38. The standard InChI is InChI=1S/C15H18N6O/c1-20-12(2-3-18-20)10-8-13(21-4-6-22-7-5-21)19-15-14(10)11(16)9-17-15/h2-3,8-9H,4-7,16H2,1H3,(H,17,19). The zero-order valence-corrected chi connectivity index (χ0v) is 12.4. The Hall–Kier alpha value is -2.54. The summed E-state index contributed by atoms with van der Waals surface area (Å²) in [5, 5.41) is 5.21. The molecule has 4 heterocycles. The first kappa shape index (κ1) is 13.1. The number of hydrogen-bond acceptors (Lipinski definition) is 5. The van der Waals surface area contributed by atoms with Crippen LogP contribution in [0.2, 0.25) is 0 Å². The van der Waals surface area contributed by atoms with Gasteiger partial charge in [0.25, 0.3) is 0 Å². The number of hydrogen-bond donors (Lipinski definition) is 2. The number of H-pyrrole nitrogens is 1. The molecule has 0 atom stereocenters. The van der Waals surface area contributed by atoms with Crippen LogP contribution in [0.25, 0.3) is 22.3 Å². The van der Waals surface area contributed by atoms with E-state index >= 15 is 0 Å². The molecule has 3 aromatic rings. The summed E-state index contributed by atoms with van der Waals surface area (Å²) in [5.41, 5.74) is 9.70. The van der Waals surface area contributed by atoms with E-state index < -0.39 is 0 Å². The third kappa shape index (κ3) is 2.01. The lowest BCUT2D eigenvalue weighted by molar-refractivity contribution is 0.122. The van der Waals surface area contributed by atoms with Gasteiger partial charge in [-0.25, -0.2) is 4.98 Å². The van der Waals surface area contributed by atoms with E-state index in [9.17, 15) is 0 Å². The van der Waals surface area contributed by atoms with Crippen LogP contribution in [-0.4, -0.2) is 46.1 Å². The van der Waals surface area contributed by atoms with Gasteiger partial charge >= 0.3 is 0 Å². The van der Waals surface area contributed by atoms with Crippen LogP contribution in [0.3, 0.4) is 0 Å². The summed E-state index contributed by atoms with van der Waals surface area (Å²) >= 11 is 0. The summed E-state index contributed by atoms with van der Waals surface area (Å²) in [6.07, 6.45) is 3.58. The number of rotatable bonds is 2. The van der Waals surface area contributed by atoms with Crippen molar-refractivity contribution >= 4 is 22.5 Å². The van der Waals surface area contributed by atoms with E-state index in [1.807, 2.05) is 17.8 Å². The first-order valence-electron chi connectivity index (χ1n) is 7.33. The highest BCUT2D eigenvalue weighted by molar-refractivity contribution is 6.02. The van der Waals surface area contributed by atoms with Crippen LogP contribution in [0.1, 0.15) is 0 Å². The fourth-order valence-electron chi connectivity index (χ4n) is 2.94. The number of fused-ring (bicyclic) bond motifs is 1. The van der Waals surface area contributed by atoms with Gasteiger partial charge in [0, 0.05) is 38.1 Å². The van der Waals surface area contributed by atoms with Crippen molar-refractivity contribution in [1.29, 1.82) is 0 Å². The number of aryl methyl sites for hydroxylation is 1. The Balaban J connectivity index is 1.92. The molecular weight excluding hydrogens is 280 g/mol. The Morgan fingerprint density at radius 2 is 2.14 bits per heavy atom. The number of anilines is 2. The lowest BCUT2D eigenvalue weighted by Crippen LogP contribution is -2.36. The van der Waals surface area contributed by atoms with Crippen molar-refractivity contribution in [2.45, 2.75) is 0 Å². The molecule has 3 N–H and O–H groups in total. The minimum absolute atomic E-state index is 0.701. The zero-order valence-electron chi connectivity index (χ0n) is 12.4. The van der Waals surface area contributed by atoms with Crippen molar-refractivity contribution < 1.29 is 4.74 Å². The summed E-state index contributed by atoms with van der Waals surface area (Å²) in [4.78, 5) is 10.1. The Kier molecular flexibility index (Phi) is 3.00. The van der Waals surface area contributed by atoms with Gasteiger partial charge in [0.05, 0.1) is 30.0 Å². The minimum atomic E-state index is 0.701. The Bertz CT molecular complexity index is 815. The molecule has 0 radical (unpaired) electrons. The summed E-state index contributed by atoms with van der Waals surface area (Å²) in [5.74, 6) is 0.939. The van der Waals surface area contributed by atoms with Crippen LogP contribution in [0.15, 0.2) is 24.5 Å². The Labute approximate surface area is 127 Å². The number of nitrogens with two attached hydrogens (primary N) is 1. The molecular formula is C15H18N6O. The second-order valence-electron chi connectivity index (χ2n) is 5.44. The van der Waals surface area contributed by atoms with Crippen LogP contribution in [0.4, 0.5) is 11.5 Å². The lowest BCUT2D eigenvalue weighted by atomic mass is 10.1. The average molecular weight is 298 g/mol. The van der Waals surface area contributed by atoms with Crippen molar-refractivity contribution in [3.63, 3.8) is 0 Å². The Morgan fingerprint density at radius 1 is 1.32 bits per heavy atom. The molecule has 114 valence electrons. The molecule has 0 unspecified atom stereocenters. The third-order valence-electron chi connectivity index (χ3n) is 4.09. The number of ether oxygens (including phenoxy) is 1. The van der Waals surface area contributed by atoms with E-state index in [0.717, 1.165) is 54.4 Å². The van der Waals surface area contributed by atoms with Crippen LogP contribution in [0.5, 0.6) is 0 Å². The van der Waals surface area contributed by atoms with Crippen molar-refractivity contribution in [2.24, 2.45) is 7.05 Å². The molecule has 1 aliphatic rings. The Morgan fingerprint density at radius 3 is 2.86 bits per heavy atom. The topological polar surface area (TPSA) is 85.0 Å². The average Bonchev–Trinajstić information content (AvgIpc) is 3.14. The van der Waals surface area contributed by atoms with Gasteiger partial charge in [0.15, 0.2) is 0 Å². The monoisotopic (exact) mass is 298 g/mol. The smallest absolute Gasteiger partial charge is 0.142 e. The van der Waals surface area contributed by atoms with Crippen molar-refractivity contribution in [1.82, 2.24) is 19.7 Å². The molecule has 0 saturated carbocycles. The highest BCUT2D eigenvalue weighted by Crippen LogP contribution is 2.34. The maximum absolute atomic E-state index is 6.13. The van der Waals surface area contributed by atoms with E-state index in [-0.39, 0.29) is 0 Å². The SMILES string of the molecule is Cn1nccc1-c1cc(N2CCOCC2)nc2[nH]cc(N)c12. The van der Waals surface area contributed by atoms with E-state index in [0.29, 0.717) is 5.69 Å². The number of nitrogen functional groups attached to an aromatic ring is 1. The second kappa shape index (κ2) is 5.03. The molecule has 1 saturated heterocycles. The summed E-state index contributed by atoms with van der Waals surface area (Å²) < 4.78 is 7.27. The largest absolute Gasteiger partial charge is 0.397 e. The van der Waals surface area contributed by atoms with Gasteiger partial charge in [-0.15, -0.1) is 0 Å². The van der Waals surface area contributed by atoms with E-state index in [4.69, 9.17) is 15.5 Å². The molecule has 1 aliphatic heterocycles. The summed E-state index contributed by atoms with van der Waals surface area (Å²) in [6, 6.07) is 4.08. The maximum atomic E-state index is 6.13. The van der Waals surface area contributed by atoms with E-state index in [1.165, 1.54) is 0 Å². The van der Waals surface area contributed by atoms with Gasteiger partial charge in [0.2, 0.25) is 0 Å². The van der Waals surface area contributed by atoms with Gasteiger partial charge in [-0.2, -0.15) is 5.10 Å². The highest BCUT2D eigenvalue weighted by atomic mass is 16.5. The highest BCUT2D eigenvalue weighted by Gasteiger charge is 2.18. The van der Waals surface area contributed by atoms with Crippen LogP contribution < -0.4 is 10.6 Å². The maximum Gasteiger partial charge on any atom is 0.142 e. The van der Waals surface area contributed by atoms with Crippen LogP contribution in [0, 0.1) is 0 Å². The molecule has 7 nitrogen and oxygen atoms in total. The first-order valence-corrected chi connectivity index (χ1v) is 7.33. The molecule has 0 amide bonds. The number of pyridine rings is 1.